The fourth-order valence-corrected chi connectivity index (χ4v) is 5.82. The summed E-state index contributed by atoms with van der Waals surface area (Å²) in [5.74, 6) is 1.36. The molecule has 0 aliphatic carbocycles. The summed E-state index contributed by atoms with van der Waals surface area (Å²) < 4.78 is 7.95. The van der Waals surface area contributed by atoms with Gasteiger partial charge in [0, 0.05) is 47.7 Å². The molecular weight excluding hydrogens is 492 g/mol. The minimum absolute atomic E-state index is 0.0734. The number of nitrogens with zero attached hydrogens (tertiary/aromatic N) is 3. The van der Waals surface area contributed by atoms with Crippen molar-refractivity contribution in [3.8, 4) is 22.6 Å². The molecule has 6 nitrogen and oxygen atoms in total. The highest BCUT2D eigenvalue weighted by atomic mass is 32.1. The molecule has 0 atom stereocenters. The Bertz CT molecular complexity index is 1570. The molecule has 1 aliphatic rings. The van der Waals surface area contributed by atoms with Crippen molar-refractivity contribution in [2.75, 3.05) is 5.32 Å². The van der Waals surface area contributed by atoms with Crippen molar-refractivity contribution >= 4 is 22.4 Å². The lowest BCUT2D eigenvalue weighted by atomic mass is 9.69. The molecule has 0 bridgehead atoms. The molecular formula is C31H28N4O2S. The SMILES string of the molecule is Cn1cc(-c2ccc(Cc3csc(NC(=O)C(C)(C)C4c5ccccc5Oc5ccccc54)n3)cc2)cn1. The van der Waals surface area contributed by atoms with Crippen molar-refractivity contribution in [3.63, 3.8) is 0 Å². The predicted octanol–water partition coefficient (Wildman–Crippen LogP) is 7.04. The quantitative estimate of drug-likeness (QED) is 0.261. The molecule has 0 fully saturated rings. The smallest absolute Gasteiger partial charge is 0.232 e. The first kappa shape index (κ1) is 24.1. The second-order valence-corrected chi connectivity index (χ2v) is 11.1. The van der Waals surface area contributed by atoms with Gasteiger partial charge < -0.3 is 10.1 Å². The Kier molecular flexibility index (Phi) is 6.08. The fraction of sp³-hybridized carbons (Fsp3) is 0.194. The number of carbonyl (C=O) groups excluding carboxylic acids is 1. The standard InChI is InChI=1S/C31H28N4O2S/c1-31(2,28-24-8-4-6-10-26(24)37-27-11-7-5-9-25(27)28)29(36)34-30-33-23(19-38-30)16-20-12-14-21(15-13-20)22-17-32-35(3)18-22/h4-15,17-19,28H,16H2,1-3H3,(H,33,34,36). The number of hydrogen-bond acceptors (Lipinski definition) is 5. The molecule has 0 spiro atoms. The van der Waals surface area contributed by atoms with Gasteiger partial charge in [-0.15, -0.1) is 11.3 Å². The zero-order valence-corrected chi connectivity index (χ0v) is 22.3. The number of para-hydroxylation sites is 2. The highest BCUT2D eigenvalue weighted by Crippen LogP contribution is 2.52. The maximum atomic E-state index is 13.7. The third-order valence-corrected chi connectivity index (χ3v) is 7.94. The zero-order valence-electron chi connectivity index (χ0n) is 21.5. The van der Waals surface area contributed by atoms with E-state index < -0.39 is 5.41 Å². The van der Waals surface area contributed by atoms with Gasteiger partial charge in [0.25, 0.3) is 0 Å². The number of aryl methyl sites for hydroxylation is 1. The molecule has 0 radical (unpaired) electrons. The minimum atomic E-state index is -0.746. The average molecular weight is 521 g/mol. The van der Waals surface area contributed by atoms with Crippen LogP contribution in [0.1, 0.15) is 42.1 Å². The number of hydrogen-bond donors (Lipinski definition) is 1. The van der Waals surface area contributed by atoms with Gasteiger partial charge in [0.05, 0.1) is 17.3 Å². The van der Waals surface area contributed by atoms with Crippen molar-refractivity contribution in [3.05, 3.63) is 113 Å². The largest absolute Gasteiger partial charge is 0.457 e. The van der Waals surface area contributed by atoms with Crippen LogP contribution >= 0.6 is 11.3 Å². The Hall–Kier alpha value is -4.23. The maximum Gasteiger partial charge on any atom is 0.232 e. The summed E-state index contributed by atoms with van der Waals surface area (Å²) in [5.41, 5.74) is 5.60. The van der Waals surface area contributed by atoms with E-state index in [1.807, 2.05) is 87.2 Å². The van der Waals surface area contributed by atoms with E-state index in [2.05, 4.69) is 34.7 Å². The minimum Gasteiger partial charge on any atom is -0.457 e. The molecule has 0 unspecified atom stereocenters. The zero-order chi connectivity index (χ0) is 26.3. The van der Waals surface area contributed by atoms with Gasteiger partial charge >= 0.3 is 0 Å². The van der Waals surface area contributed by atoms with Gasteiger partial charge in [-0.1, -0.05) is 74.5 Å². The monoisotopic (exact) mass is 520 g/mol. The van der Waals surface area contributed by atoms with Gasteiger partial charge in [-0.3, -0.25) is 9.48 Å². The Morgan fingerprint density at radius 3 is 2.26 bits per heavy atom. The van der Waals surface area contributed by atoms with Crippen LogP contribution in [-0.2, 0) is 18.3 Å². The van der Waals surface area contributed by atoms with E-state index in [0.717, 1.165) is 45.0 Å². The van der Waals surface area contributed by atoms with Gasteiger partial charge in [-0.25, -0.2) is 4.98 Å². The van der Waals surface area contributed by atoms with E-state index in [1.165, 1.54) is 11.3 Å². The van der Waals surface area contributed by atoms with Gasteiger partial charge in [-0.2, -0.15) is 5.10 Å². The Labute approximate surface area is 226 Å². The number of thiazole rings is 1. The molecule has 190 valence electrons. The second kappa shape index (κ2) is 9.58. The predicted molar refractivity (Wildman–Crippen MR) is 151 cm³/mol. The molecule has 0 saturated heterocycles. The van der Waals surface area contributed by atoms with Crippen LogP contribution in [0.4, 0.5) is 5.13 Å². The van der Waals surface area contributed by atoms with Gasteiger partial charge in [0.1, 0.15) is 11.5 Å². The number of nitrogens with one attached hydrogen (secondary N) is 1. The lowest BCUT2D eigenvalue weighted by Gasteiger charge is -2.38. The van der Waals surface area contributed by atoms with Crippen LogP contribution in [0.15, 0.2) is 90.6 Å². The first-order valence-electron chi connectivity index (χ1n) is 12.6. The van der Waals surface area contributed by atoms with Crippen LogP contribution in [0, 0.1) is 5.41 Å². The van der Waals surface area contributed by atoms with Crippen LogP contribution in [0.5, 0.6) is 11.5 Å². The molecule has 7 heteroatoms. The lowest BCUT2D eigenvalue weighted by molar-refractivity contribution is -0.124. The molecule has 38 heavy (non-hydrogen) atoms. The molecule has 5 aromatic rings. The number of amides is 1. The summed E-state index contributed by atoms with van der Waals surface area (Å²) in [4.78, 5) is 18.4. The normalized spacial score (nSPS) is 12.9. The van der Waals surface area contributed by atoms with E-state index in [-0.39, 0.29) is 11.8 Å². The molecule has 0 saturated carbocycles. The molecule has 1 aliphatic heterocycles. The maximum absolute atomic E-state index is 13.7. The average Bonchev–Trinajstić information content (AvgIpc) is 3.56. The van der Waals surface area contributed by atoms with Crippen molar-refractivity contribution in [1.29, 1.82) is 0 Å². The Morgan fingerprint density at radius 1 is 0.974 bits per heavy atom. The van der Waals surface area contributed by atoms with Crippen LogP contribution in [-0.4, -0.2) is 20.7 Å². The van der Waals surface area contributed by atoms with E-state index in [9.17, 15) is 4.79 Å². The molecule has 3 aromatic carbocycles. The van der Waals surface area contributed by atoms with Crippen LogP contribution in [0.3, 0.4) is 0 Å². The molecule has 6 rings (SSSR count). The topological polar surface area (TPSA) is 69.0 Å². The number of ether oxygens (including phenoxy) is 1. The number of carbonyl (C=O) groups is 1. The van der Waals surface area contributed by atoms with Gasteiger partial charge in [0.15, 0.2) is 5.13 Å². The molecule has 3 heterocycles. The number of benzene rings is 3. The number of anilines is 1. The first-order chi connectivity index (χ1) is 18.4. The highest BCUT2D eigenvalue weighted by Gasteiger charge is 2.43. The summed E-state index contributed by atoms with van der Waals surface area (Å²) >= 11 is 1.46. The second-order valence-electron chi connectivity index (χ2n) is 10.2. The fourth-order valence-electron chi connectivity index (χ4n) is 5.12. The van der Waals surface area contributed by atoms with Gasteiger partial charge in [0.2, 0.25) is 5.91 Å². The van der Waals surface area contributed by atoms with Crippen molar-refractivity contribution < 1.29 is 9.53 Å². The van der Waals surface area contributed by atoms with Crippen LogP contribution in [0.2, 0.25) is 0 Å². The van der Waals surface area contributed by atoms with Crippen molar-refractivity contribution in [2.45, 2.75) is 26.2 Å². The summed E-state index contributed by atoms with van der Waals surface area (Å²) in [6.07, 6.45) is 4.57. The van der Waals surface area contributed by atoms with Crippen molar-refractivity contribution in [2.24, 2.45) is 12.5 Å². The van der Waals surface area contributed by atoms with Crippen LogP contribution in [0.25, 0.3) is 11.1 Å². The number of fused-ring (bicyclic) bond motifs is 2. The highest BCUT2D eigenvalue weighted by molar-refractivity contribution is 7.13. The summed E-state index contributed by atoms with van der Waals surface area (Å²) in [5, 5.41) is 9.97. The molecule has 1 N–H and O–H groups in total. The third-order valence-electron chi connectivity index (χ3n) is 7.14. The number of aromatic nitrogens is 3. The summed E-state index contributed by atoms with van der Waals surface area (Å²) in [6.45, 7) is 3.98. The van der Waals surface area contributed by atoms with E-state index >= 15 is 0 Å². The molecule has 1 amide bonds. The Morgan fingerprint density at radius 2 is 1.63 bits per heavy atom. The van der Waals surface area contributed by atoms with Crippen LogP contribution < -0.4 is 10.1 Å². The summed E-state index contributed by atoms with van der Waals surface area (Å²) in [6, 6.07) is 24.4. The van der Waals surface area contributed by atoms with E-state index in [1.54, 1.807) is 4.68 Å². The van der Waals surface area contributed by atoms with E-state index in [4.69, 9.17) is 9.72 Å². The number of rotatable bonds is 6. The molecule has 2 aromatic heterocycles. The van der Waals surface area contributed by atoms with Crippen molar-refractivity contribution in [1.82, 2.24) is 14.8 Å². The lowest BCUT2D eigenvalue weighted by Crippen LogP contribution is -2.38. The first-order valence-corrected chi connectivity index (χ1v) is 13.5. The van der Waals surface area contributed by atoms with E-state index in [0.29, 0.717) is 11.6 Å². The summed E-state index contributed by atoms with van der Waals surface area (Å²) in [7, 11) is 1.92. The van der Waals surface area contributed by atoms with Gasteiger partial charge in [-0.05, 0) is 23.3 Å². The Balaban J connectivity index is 1.19. The third kappa shape index (κ3) is 4.50.